The number of hydrogen-bond acceptors (Lipinski definition) is 3. The van der Waals surface area contributed by atoms with Crippen molar-refractivity contribution in [1.82, 2.24) is 15.0 Å². The number of benzene rings is 10. The predicted molar refractivity (Wildman–Crippen MR) is 406 cm³/mol. The van der Waals surface area contributed by atoms with Crippen molar-refractivity contribution < 1.29 is 20.1 Å². The Morgan fingerprint density at radius 3 is 1.11 bits per heavy atom. The summed E-state index contributed by atoms with van der Waals surface area (Å²) in [6, 6.07) is 98.2. The average Bonchev–Trinajstić information content (AvgIpc) is 1.55. The molecule has 2 aliphatic rings. The van der Waals surface area contributed by atoms with Gasteiger partial charge >= 0.3 is 20.1 Å². The van der Waals surface area contributed by atoms with Crippen LogP contribution in [-0.4, -0.2) is 15.0 Å². The Labute approximate surface area is 598 Å². The zero-order valence-electron chi connectivity index (χ0n) is 57.9. The number of aromatic nitrogens is 3. The topological polar surface area (TPSA) is 38.7 Å². The second-order valence-corrected chi connectivity index (χ2v) is 30.4. The number of hydrogen-bond donors (Lipinski definition) is 0. The van der Waals surface area contributed by atoms with Crippen LogP contribution >= 0.6 is 11.6 Å². The molecule has 5 heteroatoms. The third-order valence-electron chi connectivity index (χ3n) is 23.9. The molecular formula is C93H79ClIrN3. The van der Waals surface area contributed by atoms with Gasteiger partial charge in [-0.3, -0.25) is 0 Å². The first kappa shape index (κ1) is 65.9. The van der Waals surface area contributed by atoms with E-state index in [0.29, 0.717) is 5.02 Å². The van der Waals surface area contributed by atoms with Crippen molar-refractivity contribution in [2.75, 3.05) is 0 Å². The summed E-state index contributed by atoms with van der Waals surface area (Å²) in [6.07, 6.45) is 6.14. The molecule has 3 aromatic heterocycles. The summed E-state index contributed by atoms with van der Waals surface area (Å²) < 4.78 is 0. The van der Waals surface area contributed by atoms with Crippen LogP contribution in [0.2, 0.25) is 5.02 Å². The third kappa shape index (κ3) is 11.0. The van der Waals surface area contributed by atoms with Crippen LogP contribution in [0, 0.1) is 29.0 Å². The largest absolute Gasteiger partial charge is 3.00 e. The molecule has 10 aromatic carbocycles. The fraction of sp³-hybridized carbons (Fsp3) is 0.194. The van der Waals surface area contributed by atoms with Crippen molar-refractivity contribution in [2.24, 2.45) is 10.8 Å². The summed E-state index contributed by atoms with van der Waals surface area (Å²) in [5, 5.41) is 0.712. The Bertz CT molecular complexity index is 5030. The molecular weight excluding hydrogens is 1390 g/mol. The van der Waals surface area contributed by atoms with Gasteiger partial charge in [-0.25, -0.2) is 0 Å². The molecule has 0 saturated carbocycles. The first-order valence-electron chi connectivity index (χ1n) is 34.0. The van der Waals surface area contributed by atoms with Gasteiger partial charge in [-0.15, -0.1) is 105 Å². The number of nitrogens with zero attached hydrogens (tertiary/aromatic N) is 3. The van der Waals surface area contributed by atoms with Crippen LogP contribution in [0.5, 0.6) is 0 Å². The van der Waals surface area contributed by atoms with E-state index in [2.05, 4.69) is 326 Å². The molecule has 0 amide bonds. The molecule has 0 fully saturated rings. The molecule has 13 aromatic rings. The minimum atomic E-state index is -0.0355. The molecule has 98 heavy (non-hydrogen) atoms. The Morgan fingerprint density at radius 1 is 0.265 bits per heavy atom. The van der Waals surface area contributed by atoms with Crippen LogP contribution in [0.15, 0.2) is 261 Å². The summed E-state index contributed by atoms with van der Waals surface area (Å²) in [7, 11) is 0. The van der Waals surface area contributed by atoms with E-state index >= 15 is 0 Å². The van der Waals surface area contributed by atoms with Gasteiger partial charge in [-0.2, -0.15) is 0 Å². The van der Waals surface area contributed by atoms with Gasteiger partial charge in [0.05, 0.1) is 0 Å². The molecule has 0 saturated heterocycles. The van der Waals surface area contributed by atoms with Crippen LogP contribution in [-0.2, 0) is 41.8 Å². The van der Waals surface area contributed by atoms with E-state index in [1.165, 1.54) is 22.3 Å². The van der Waals surface area contributed by atoms with Crippen molar-refractivity contribution in [1.29, 1.82) is 0 Å². The van der Waals surface area contributed by atoms with E-state index < -0.39 is 0 Å². The normalized spacial score (nSPS) is 15.6. The van der Waals surface area contributed by atoms with Crippen LogP contribution in [0.4, 0.5) is 0 Å². The fourth-order valence-electron chi connectivity index (χ4n) is 15.7. The first-order valence-corrected chi connectivity index (χ1v) is 34.3. The monoisotopic (exact) mass is 1470 g/mol. The van der Waals surface area contributed by atoms with E-state index in [4.69, 9.17) is 26.6 Å². The van der Waals surface area contributed by atoms with Gasteiger partial charge in [0.1, 0.15) is 0 Å². The Hall–Kier alpha value is -9.41. The van der Waals surface area contributed by atoms with E-state index in [1.807, 2.05) is 36.7 Å². The SMILES string of the molecule is CC1(C)c2c[c-]c(-c3ccc(-c4ccccc4-c4cc(-c5ccccc5-c5ccc(-c6[c-]cc7c(c6)C(C)(C)C(C)(C)C7(C)C)nc5)cc(-c5ccccc5-c5cnc(-c6[c-]ccc(-c7cccc(-c8cccc(Cl)c8)c7)c6)cc5-c5ccccc5)c4)cn3)cc2C(C)(C)C1(C)C.[Ir+3]. The molecule has 0 unspecified atom stereocenters. The Kier molecular flexibility index (Phi) is 16.7. The quantitative estimate of drug-likeness (QED) is 0.114. The van der Waals surface area contributed by atoms with Gasteiger partial charge in [-0.1, -0.05) is 258 Å². The number of rotatable bonds is 12. The summed E-state index contributed by atoms with van der Waals surface area (Å²) in [4.78, 5) is 15.8. The number of fused-ring (bicyclic) bond motifs is 2. The molecule has 2 aliphatic carbocycles. The summed E-state index contributed by atoms with van der Waals surface area (Å²) in [6.45, 7) is 28.7. The van der Waals surface area contributed by atoms with Gasteiger partial charge in [-0.05, 0) is 175 Å². The maximum absolute atomic E-state index is 6.46. The zero-order chi connectivity index (χ0) is 67.4. The molecule has 0 radical (unpaired) electrons. The predicted octanol–water partition coefficient (Wildman–Crippen LogP) is 25.1. The van der Waals surface area contributed by atoms with Gasteiger partial charge in [0.15, 0.2) is 0 Å². The standard InChI is InChI=1S/C93H79ClN3.Ir/c1-88(2)81-43-39-65(53-83(81)90(5,6)92(88,9)10)85-45-41-67(56-95-85)73-33-16-18-35-75(73)69-49-70(76-36-19-17-34-74(76)68-42-46-86(96-57-68)66-40-44-82-84(54-66)91(7,8)93(11,12)89(82,3)4)51-71(50-69)77-37-20-21-38-78(77)80-58-97-87(55-79(80)59-25-14-13-15-26-59)64-31-23-29-62(48-64)60-27-22-28-61(47-60)63-30-24-32-72(94)52-63;/h13-30,32-38,41-58H,1-12H3;/q-3;+3. The van der Waals surface area contributed by atoms with Crippen LogP contribution in [0.3, 0.4) is 0 Å². The maximum atomic E-state index is 6.46. The third-order valence-corrected chi connectivity index (χ3v) is 24.1. The fourth-order valence-corrected chi connectivity index (χ4v) is 15.9. The molecule has 0 aliphatic heterocycles. The molecule has 482 valence electrons. The van der Waals surface area contributed by atoms with Crippen LogP contribution < -0.4 is 0 Å². The van der Waals surface area contributed by atoms with Crippen molar-refractivity contribution in [3.63, 3.8) is 0 Å². The molecule has 0 bridgehead atoms. The van der Waals surface area contributed by atoms with Gasteiger partial charge in [0, 0.05) is 29.2 Å². The van der Waals surface area contributed by atoms with Crippen LogP contribution in [0.25, 0.3) is 134 Å². The minimum Gasteiger partial charge on any atom is -0.304 e. The van der Waals surface area contributed by atoms with E-state index in [1.54, 1.807) is 0 Å². The second kappa shape index (κ2) is 24.8. The van der Waals surface area contributed by atoms with Crippen LogP contribution in [0.1, 0.15) is 105 Å². The van der Waals surface area contributed by atoms with E-state index in [0.717, 1.165) is 134 Å². The zero-order valence-corrected chi connectivity index (χ0v) is 61.0. The molecule has 3 heterocycles. The average molecular weight is 1470 g/mol. The van der Waals surface area contributed by atoms with Crippen molar-refractivity contribution in [2.45, 2.75) is 105 Å². The molecule has 0 spiro atoms. The minimum absolute atomic E-state index is 0. The number of halogens is 1. The van der Waals surface area contributed by atoms with E-state index in [-0.39, 0.29) is 52.6 Å². The van der Waals surface area contributed by atoms with Crippen molar-refractivity contribution in [3.8, 4) is 134 Å². The van der Waals surface area contributed by atoms with E-state index in [9.17, 15) is 0 Å². The molecule has 0 atom stereocenters. The first-order chi connectivity index (χ1) is 46.5. The second-order valence-electron chi connectivity index (χ2n) is 30.0. The van der Waals surface area contributed by atoms with Gasteiger partial charge in [0.2, 0.25) is 0 Å². The summed E-state index contributed by atoms with van der Waals surface area (Å²) >= 11 is 6.46. The van der Waals surface area contributed by atoms with Gasteiger partial charge < -0.3 is 15.0 Å². The van der Waals surface area contributed by atoms with Gasteiger partial charge in [0.25, 0.3) is 0 Å². The van der Waals surface area contributed by atoms with Crippen molar-refractivity contribution in [3.05, 3.63) is 307 Å². The summed E-state index contributed by atoms with van der Waals surface area (Å²) in [5.41, 5.74) is 30.5. The maximum Gasteiger partial charge on any atom is 3.00 e. The smallest absolute Gasteiger partial charge is 0.304 e. The summed E-state index contributed by atoms with van der Waals surface area (Å²) in [5.74, 6) is 0. The Morgan fingerprint density at radius 2 is 0.643 bits per heavy atom. The molecule has 3 nitrogen and oxygen atoms in total. The Balaban J connectivity index is 0.00000821. The van der Waals surface area contributed by atoms with Crippen molar-refractivity contribution >= 4 is 11.6 Å². The number of pyridine rings is 3. The molecule has 0 N–H and O–H groups in total. The molecule has 15 rings (SSSR count).